The molecule has 26 heavy (non-hydrogen) atoms. The molecule has 2 rings (SSSR count). The monoisotopic (exact) mass is 356 g/mol. The summed E-state index contributed by atoms with van der Waals surface area (Å²) in [7, 11) is 0. The van der Waals surface area contributed by atoms with Crippen molar-refractivity contribution in [2.45, 2.75) is 6.92 Å². The third-order valence-corrected chi connectivity index (χ3v) is 3.32. The number of nitro groups is 1. The van der Waals surface area contributed by atoms with Gasteiger partial charge in [0.25, 0.3) is 5.69 Å². The van der Waals surface area contributed by atoms with E-state index in [0.29, 0.717) is 23.1 Å². The van der Waals surface area contributed by atoms with E-state index < -0.39 is 10.9 Å². The number of nitrogens with zero attached hydrogens (tertiary/aromatic N) is 2. The molecule has 0 saturated heterocycles. The van der Waals surface area contributed by atoms with Crippen molar-refractivity contribution in [2.24, 2.45) is 5.16 Å². The summed E-state index contributed by atoms with van der Waals surface area (Å²) in [5.41, 5.74) is 1.04. The van der Waals surface area contributed by atoms with Crippen LogP contribution in [0.3, 0.4) is 0 Å². The average Bonchev–Trinajstić information content (AvgIpc) is 2.65. The van der Waals surface area contributed by atoms with Gasteiger partial charge in [-0.15, -0.1) is 0 Å². The third kappa shape index (κ3) is 4.73. The van der Waals surface area contributed by atoms with Crippen LogP contribution in [0.25, 0.3) is 0 Å². The molecule has 0 heterocycles. The maximum absolute atomic E-state index is 11.4. The van der Waals surface area contributed by atoms with Crippen molar-refractivity contribution in [3.8, 4) is 0 Å². The fourth-order valence-electron chi connectivity index (χ4n) is 2.18. The Kier molecular flexibility index (Phi) is 6.55. The summed E-state index contributed by atoms with van der Waals surface area (Å²) < 4.78 is 4.76. The minimum Gasteiger partial charge on any atom is -0.463 e. The van der Waals surface area contributed by atoms with Crippen LogP contribution >= 0.6 is 0 Å². The number of esters is 1. The molecule has 0 fully saturated rings. The summed E-state index contributed by atoms with van der Waals surface area (Å²) >= 11 is 0. The fourth-order valence-corrected chi connectivity index (χ4v) is 2.18. The van der Waals surface area contributed by atoms with E-state index in [1.54, 1.807) is 31.2 Å². The second-order valence-electron chi connectivity index (χ2n) is 5.03. The number of aldehydes is 1. The van der Waals surface area contributed by atoms with E-state index in [-0.39, 0.29) is 24.5 Å². The Labute approximate surface area is 149 Å². The Morgan fingerprint density at radius 1 is 1.19 bits per heavy atom. The van der Waals surface area contributed by atoms with E-state index in [0.717, 1.165) is 0 Å². The van der Waals surface area contributed by atoms with Crippen molar-refractivity contribution in [1.82, 2.24) is 0 Å². The number of oxime groups is 1. The molecule has 8 heteroatoms. The molecule has 0 unspecified atom stereocenters. The summed E-state index contributed by atoms with van der Waals surface area (Å²) in [5.74, 6) is -0.569. The number of benzene rings is 2. The minimum atomic E-state index is -0.635. The zero-order valence-corrected chi connectivity index (χ0v) is 14.0. The van der Waals surface area contributed by atoms with Gasteiger partial charge in [-0.2, -0.15) is 0 Å². The first-order valence-corrected chi connectivity index (χ1v) is 7.71. The number of carbonyl (C=O) groups excluding carboxylic acids is 2. The van der Waals surface area contributed by atoms with Gasteiger partial charge in [0.1, 0.15) is 5.71 Å². The highest BCUT2D eigenvalue weighted by Crippen LogP contribution is 2.21. The van der Waals surface area contributed by atoms with Crippen LogP contribution in [-0.2, 0) is 14.4 Å². The molecule has 0 spiro atoms. The summed E-state index contributed by atoms with van der Waals surface area (Å²) in [5, 5.41) is 14.9. The summed E-state index contributed by atoms with van der Waals surface area (Å²) in [4.78, 5) is 38.0. The number of ether oxygens (including phenoxy) is 1. The molecule has 134 valence electrons. The molecule has 0 amide bonds. The first kappa shape index (κ1) is 18.8. The maximum atomic E-state index is 11.4. The third-order valence-electron chi connectivity index (χ3n) is 3.32. The number of rotatable bonds is 8. The fraction of sp³-hybridized carbons (Fsp3) is 0.167. The highest BCUT2D eigenvalue weighted by Gasteiger charge is 2.17. The Bertz CT molecular complexity index is 833. The van der Waals surface area contributed by atoms with Crippen LogP contribution in [0.5, 0.6) is 0 Å². The zero-order chi connectivity index (χ0) is 18.9. The van der Waals surface area contributed by atoms with Crippen molar-refractivity contribution < 1.29 is 24.1 Å². The lowest BCUT2D eigenvalue weighted by molar-refractivity contribution is -0.385. The zero-order valence-electron chi connectivity index (χ0n) is 14.0. The van der Waals surface area contributed by atoms with E-state index in [1.165, 1.54) is 18.2 Å². The number of carbonyl (C=O) groups is 2. The van der Waals surface area contributed by atoms with Crippen LogP contribution in [0.4, 0.5) is 5.69 Å². The molecule has 0 aliphatic rings. The van der Waals surface area contributed by atoms with Gasteiger partial charge in [0.15, 0.2) is 6.29 Å². The molecular formula is C18H16N2O6. The number of nitro benzene ring substituents is 1. The average molecular weight is 356 g/mol. The van der Waals surface area contributed by atoms with Gasteiger partial charge in [0.2, 0.25) is 6.61 Å². The summed E-state index contributed by atoms with van der Waals surface area (Å²) in [6.07, 6.45) is 0.406. The van der Waals surface area contributed by atoms with Gasteiger partial charge in [0.05, 0.1) is 17.1 Å². The largest absolute Gasteiger partial charge is 0.463 e. The standard InChI is InChI=1S/C18H16N2O6/c1-2-25-17(22)12-26-19-18(13-6-4-3-5-7-13)14-8-9-16(20(23)24)15(10-14)11-21/h3-11H,2,12H2,1H3/b19-18+. The van der Waals surface area contributed by atoms with Crippen molar-refractivity contribution >= 4 is 23.7 Å². The molecule has 0 N–H and O–H groups in total. The van der Waals surface area contributed by atoms with Gasteiger partial charge < -0.3 is 9.57 Å². The van der Waals surface area contributed by atoms with E-state index in [1.807, 2.05) is 6.07 Å². The quantitative estimate of drug-likeness (QED) is 0.237. The summed E-state index contributed by atoms with van der Waals surface area (Å²) in [6.45, 7) is 1.52. The molecule has 0 radical (unpaired) electrons. The first-order chi connectivity index (χ1) is 12.6. The molecule has 2 aromatic rings. The van der Waals surface area contributed by atoms with Gasteiger partial charge >= 0.3 is 5.97 Å². The van der Waals surface area contributed by atoms with Crippen LogP contribution < -0.4 is 0 Å². The first-order valence-electron chi connectivity index (χ1n) is 7.71. The smallest absolute Gasteiger partial charge is 0.347 e. The topological polar surface area (TPSA) is 108 Å². The number of hydrogen-bond acceptors (Lipinski definition) is 7. The van der Waals surface area contributed by atoms with Gasteiger partial charge in [-0.05, 0) is 19.1 Å². The summed E-state index contributed by atoms with van der Waals surface area (Å²) in [6, 6.07) is 12.9. The SMILES string of the molecule is CCOC(=O)CO/N=C(\c1ccccc1)c1ccc([N+](=O)[O-])c(C=O)c1. The molecule has 0 aromatic heterocycles. The normalized spacial score (nSPS) is 10.9. The van der Waals surface area contributed by atoms with Crippen LogP contribution in [0, 0.1) is 10.1 Å². The van der Waals surface area contributed by atoms with Crippen LogP contribution in [0.15, 0.2) is 53.7 Å². The predicted molar refractivity (Wildman–Crippen MR) is 93.1 cm³/mol. The van der Waals surface area contributed by atoms with Crippen LogP contribution in [0.1, 0.15) is 28.4 Å². The Morgan fingerprint density at radius 2 is 1.92 bits per heavy atom. The lowest BCUT2D eigenvalue weighted by Crippen LogP contribution is -2.12. The molecule has 0 bridgehead atoms. The Balaban J connectivity index is 2.40. The van der Waals surface area contributed by atoms with Crippen LogP contribution in [0.2, 0.25) is 0 Å². The highest BCUT2D eigenvalue weighted by atomic mass is 16.7. The van der Waals surface area contributed by atoms with Gasteiger partial charge in [0, 0.05) is 17.2 Å². The van der Waals surface area contributed by atoms with E-state index in [4.69, 9.17) is 9.57 Å². The van der Waals surface area contributed by atoms with Crippen molar-refractivity contribution in [2.75, 3.05) is 13.2 Å². The van der Waals surface area contributed by atoms with Gasteiger partial charge in [-0.3, -0.25) is 14.9 Å². The molecule has 0 aliphatic heterocycles. The van der Waals surface area contributed by atoms with E-state index in [2.05, 4.69) is 5.16 Å². The Hall–Kier alpha value is -3.55. The molecule has 2 aromatic carbocycles. The molecular weight excluding hydrogens is 340 g/mol. The van der Waals surface area contributed by atoms with Crippen molar-refractivity contribution in [3.05, 3.63) is 75.3 Å². The lowest BCUT2D eigenvalue weighted by Gasteiger charge is -2.08. The van der Waals surface area contributed by atoms with Crippen molar-refractivity contribution in [3.63, 3.8) is 0 Å². The second-order valence-corrected chi connectivity index (χ2v) is 5.03. The van der Waals surface area contributed by atoms with Crippen LogP contribution in [-0.4, -0.2) is 36.1 Å². The molecule has 0 saturated carbocycles. The second kappa shape index (κ2) is 9.07. The minimum absolute atomic E-state index is 0.0819. The van der Waals surface area contributed by atoms with Gasteiger partial charge in [-0.1, -0.05) is 35.5 Å². The van der Waals surface area contributed by atoms with E-state index >= 15 is 0 Å². The molecule has 8 nitrogen and oxygen atoms in total. The van der Waals surface area contributed by atoms with Gasteiger partial charge in [-0.25, -0.2) is 4.79 Å². The van der Waals surface area contributed by atoms with Crippen molar-refractivity contribution in [1.29, 1.82) is 0 Å². The van der Waals surface area contributed by atoms with E-state index in [9.17, 15) is 19.7 Å². The maximum Gasteiger partial charge on any atom is 0.347 e. The Morgan fingerprint density at radius 3 is 2.54 bits per heavy atom. The molecule has 0 atom stereocenters. The lowest BCUT2D eigenvalue weighted by atomic mass is 10.00. The number of hydrogen-bond donors (Lipinski definition) is 0. The highest BCUT2D eigenvalue weighted by molar-refractivity contribution is 6.13. The predicted octanol–water partition coefficient (Wildman–Crippen LogP) is 2.74. The molecule has 0 aliphatic carbocycles.